The summed E-state index contributed by atoms with van der Waals surface area (Å²) in [5.41, 5.74) is 1.16. The van der Waals surface area contributed by atoms with Gasteiger partial charge < -0.3 is 24.5 Å². The maximum absolute atomic E-state index is 12.6. The van der Waals surface area contributed by atoms with Gasteiger partial charge in [-0.1, -0.05) is 42.0 Å². The molecule has 3 heterocycles. The fraction of sp³-hybridized carbons (Fsp3) is 0.435. The number of nitrogens with zero attached hydrogens (tertiary/aromatic N) is 2. The molecule has 0 unspecified atom stereocenters. The van der Waals surface area contributed by atoms with Crippen LogP contribution < -0.4 is 20.1 Å². The average Bonchev–Trinajstić information content (AvgIpc) is 3.62. The minimum atomic E-state index is -0.0537. The van der Waals surface area contributed by atoms with Crippen LogP contribution in [0, 0.1) is 0 Å². The molecular weight excluding hydrogens is 460 g/mol. The summed E-state index contributed by atoms with van der Waals surface area (Å²) in [5, 5.41) is 15.3. The number of thioether (sulfide) groups is 1. The lowest BCUT2D eigenvalue weighted by Gasteiger charge is -2.31. The first-order chi connectivity index (χ1) is 16.2. The molecule has 1 amide bonds. The van der Waals surface area contributed by atoms with Crippen molar-refractivity contribution >= 4 is 34.1 Å². The highest BCUT2D eigenvalue weighted by Crippen LogP contribution is 2.43. The fourth-order valence-electron chi connectivity index (χ4n) is 4.35. The topological polar surface area (TPSA) is 98.5 Å². The third kappa shape index (κ3) is 5.27. The second kappa shape index (κ2) is 10.0. The maximum atomic E-state index is 12.6. The van der Waals surface area contributed by atoms with E-state index >= 15 is 0 Å². The highest BCUT2D eigenvalue weighted by Gasteiger charge is 2.36. The van der Waals surface area contributed by atoms with Crippen LogP contribution in [0.25, 0.3) is 0 Å². The van der Waals surface area contributed by atoms with E-state index in [1.807, 2.05) is 18.2 Å². The molecule has 0 saturated heterocycles. The number of aromatic nitrogens is 2. The van der Waals surface area contributed by atoms with Crippen LogP contribution in [0.2, 0.25) is 0 Å². The van der Waals surface area contributed by atoms with Crippen LogP contribution >= 0.6 is 23.1 Å². The predicted octanol–water partition coefficient (Wildman–Crippen LogP) is 4.23. The second-order valence-corrected chi connectivity index (χ2v) is 10.4. The molecule has 0 bridgehead atoms. The zero-order valence-electron chi connectivity index (χ0n) is 18.2. The van der Waals surface area contributed by atoms with E-state index in [2.05, 4.69) is 33.0 Å². The van der Waals surface area contributed by atoms with E-state index in [4.69, 9.17) is 13.9 Å². The third-order valence-corrected chi connectivity index (χ3v) is 8.08. The predicted molar refractivity (Wildman–Crippen MR) is 127 cm³/mol. The van der Waals surface area contributed by atoms with Gasteiger partial charge in [-0.2, -0.15) is 0 Å². The number of amides is 1. The number of hydrogen-bond acceptors (Lipinski definition) is 9. The summed E-state index contributed by atoms with van der Waals surface area (Å²) in [7, 11) is 0. The normalized spacial score (nSPS) is 16.5. The van der Waals surface area contributed by atoms with E-state index in [-0.39, 0.29) is 11.3 Å². The Balaban J connectivity index is 1.14. The Kier molecular flexibility index (Phi) is 6.73. The highest BCUT2D eigenvalue weighted by atomic mass is 32.2. The summed E-state index contributed by atoms with van der Waals surface area (Å²) < 4.78 is 17.5. The standard InChI is InChI=1S/C23H26N4O4S2/c28-20(14-32-22-27-26-21(33-22)24-13-17-4-3-9-29-17)25-15-23(7-1-2-8-23)16-5-6-18-19(12-16)31-11-10-30-18/h3-6,9,12H,1-2,7-8,10-11,13-15H2,(H,24,26)(H,25,28). The van der Waals surface area contributed by atoms with Crippen LogP contribution in [0.4, 0.5) is 5.13 Å². The van der Waals surface area contributed by atoms with Gasteiger partial charge in [0, 0.05) is 12.0 Å². The summed E-state index contributed by atoms with van der Waals surface area (Å²) in [6.07, 6.45) is 6.08. The van der Waals surface area contributed by atoms with Crippen LogP contribution in [0.15, 0.2) is 45.4 Å². The van der Waals surface area contributed by atoms with Crippen molar-refractivity contribution in [3.8, 4) is 11.5 Å². The monoisotopic (exact) mass is 486 g/mol. The number of carbonyl (C=O) groups excluding carboxylic acids is 1. The molecule has 8 nitrogen and oxygen atoms in total. The molecule has 1 aliphatic carbocycles. The molecule has 1 saturated carbocycles. The minimum Gasteiger partial charge on any atom is -0.486 e. The van der Waals surface area contributed by atoms with Crippen LogP contribution in [-0.2, 0) is 16.8 Å². The molecule has 0 radical (unpaired) electrons. The lowest BCUT2D eigenvalue weighted by molar-refractivity contribution is -0.118. The number of anilines is 1. The Morgan fingerprint density at radius 2 is 1.97 bits per heavy atom. The van der Waals surface area contributed by atoms with E-state index in [9.17, 15) is 4.79 Å². The lowest BCUT2D eigenvalue weighted by Crippen LogP contribution is -2.39. The van der Waals surface area contributed by atoms with E-state index in [1.54, 1.807) is 6.26 Å². The first-order valence-electron chi connectivity index (χ1n) is 11.1. The summed E-state index contributed by atoms with van der Waals surface area (Å²) in [6.45, 7) is 2.33. The van der Waals surface area contributed by atoms with Crippen molar-refractivity contribution in [3.05, 3.63) is 47.9 Å². The quantitative estimate of drug-likeness (QED) is 0.434. The number of ether oxygens (including phenoxy) is 2. The van der Waals surface area contributed by atoms with Gasteiger partial charge in [0.1, 0.15) is 19.0 Å². The van der Waals surface area contributed by atoms with E-state index in [1.165, 1.54) is 28.7 Å². The smallest absolute Gasteiger partial charge is 0.230 e. The number of furan rings is 1. The lowest BCUT2D eigenvalue weighted by atomic mass is 9.78. The Hall–Kier alpha value is -2.72. The molecule has 5 rings (SSSR count). The molecule has 3 aromatic rings. The second-order valence-electron chi connectivity index (χ2n) is 8.22. The van der Waals surface area contributed by atoms with E-state index in [0.717, 1.165) is 47.3 Å². The van der Waals surface area contributed by atoms with Crippen LogP contribution in [0.5, 0.6) is 11.5 Å². The number of carbonyl (C=O) groups is 1. The van der Waals surface area contributed by atoms with Crippen molar-refractivity contribution in [1.82, 2.24) is 15.5 Å². The SMILES string of the molecule is O=C(CSc1nnc(NCc2ccco2)s1)NCC1(c2ccc3c(c2)OCCO3)CCCC1. The molecule has 1 fully saturated rings. The molecule has 2 aromatic heterocycles. The van der Waals surface area contributed by atoms with Gasteiger partial charge in [0.2, 0.25) is 11.0 Å². The van der Waals surface area contributed by atoms with Crippen molar-refractivity contribution in [1.29, 1.82) is 0 Å². The molecule has 2 aliphatic rings. The molecule has 1 aliphatic heterocycles. The van der Waals surface area contributed by atoms with E-state index in [0.29, 0.717) is 37.2 Å². The number of hydrogen-bond donors (Lipinski definition) is 2. The van der Waals surface area contributed by atoms with E-state index < -0.39 is 0 Å². The van der Waals surface area contributed by atoms with Gasteiger partial charge >= 0.3 is 0 Å². The van der Waals surface area contributed by atoms with Crippen molar-refractivity contribution < 1.29 is 18.7 Å². The molecule has 0 atom stereocenters. The summed E-state index contributed by atoms with van der Waals surface area (Å²) in [6, 6.07) is 9.96. The molecule has 10 heteroatoms. The van der Waals surface area contributed by atoms with Gasteiger partial charge in [0.05, 0.1) is 18.6 Å². The van der Waals surface area contributed by atoms with Crippen molar-refractivity contribution in [3.63, 3.8) is 0 Å². The van der Waals surface area contributed by atoms with Crippen LogP contribution in [0.1, 0.15) is 37.0 Å². The van der Waals surface area contributed by atoms with Gasteiger partial charge in [-0.25, -0.2) is 0 Å². The molecule has 174 valence electrons. The summed E-state index contributed by atoms with van der Waals surface area (Å²) in [4.78, 5) is 12.6. The number of fused-ring (bicyclic) bond motifs is 1. The fourth-order valence-corrected chi connectivity index (χ4v) is 5.93. The van der Waals surface area contributed by atoms with Gasteiger partial charge in [0.25, 0.3) is 0 Å². The molecule has 1 aromatic carbocycles. The van der Waals surface area contributed by atoms with Crippen molar-refractivity contribution in [2.45, 2.75) is 42.0 Å². The average molecular weight is 487 g/mol. The zero-order valence-corrected chi connectivity index (χ0v) is 19.8. The van der Waals surface area contributed by atoms with Crippen molar-refractivity contribution in [2.24, 2.45) is 0 Å². The van der Waals surface area contributed by atoms with Gasteiger partial charge in [-0.05, 0) is 42.7 Å². The third-order valence-electron chi connectivity index (χ3n) is 6.07. The van der Waals surface area contributed by atoms with Gasteiger partial charge in [0.15, 0.2) is 15.8 Å². The molecule has 0 spiro atoms. The Morgan fingerprint density at radius 1 is 1.12 bits per heavy atom. The number of benzene rings is 1. The zero-order chi connectivity index (χ0) is 22.5. The van der Waals surface area contributed by atoms with Crippen LogP contribution in [0.3, 0.4) is 0 Å². The molecule has 2 N–H and O–H groups in total. The van der Waals surface area contributed by atoms with Crippen molar-refractivity contribution in [2.75, 3.05) is 30.8 Å². The molecular formula is C23H26N4O4S2. The Bertz CT molecular complexity index is 1080. The largest absolute Gasteiger partial charge is 0.486 e. The first kappa shape index (κ1) is 22.1. The van der Waals surface area contributed by atoms with Gasteiger partial charge in [-0.15, -0.1) is 10.2 Å². The summed E-state index contributed by atoms with van der Waals surface area (Å²) in [5.74, 6) is 2.75. The Labute approximate surface area is 200 Å². The number of nitrogens with one attached hydrogen (secondary N) is 2. The minimum absolute atomic E-state index is 0.00381. The Morgan fingerprint density at radius 3 is 2.79 bits per heavy atom. The highest BCUT2D eigenvalue weighted by molar-refractivity contribution is 8.01. The van der Waals surface area contributed by atoms with Crippen LogP contribution in [-0.4, -0.2) is 41.6 Å². The number of rotatable bonds is 9. The summed E-state index contributed by atoms with van der Waals surface area (Å²) >= 11 is 2.83. The van der Waals surface area contributed by atoms with Gasteiger partial charge in [-0.3, -0.25) is 4.79 Å². The molecule has 33 heavy (non-hydrogen) atoms. The maximum Gasteiger partial charge on any atom is 0.230 e. The first-order valence-corrected chi connectivity index (χ1v) is 12.9.